The van der Waals surface area contributed by atoms with Crippen molar-refractivity contribution in [1.82, 2.24) is 0 Å². The van der Waals surface area contributed by atoms with Crippen molar-refractivity contribution in [2.45, 2.75) is 12.3 Å². The predicted octanol–water partition coefficient (Wildman–Crippen LogP) is 4.57. The zero-order valence-corrected chi connectivity index (χ0v) is 18.1. The minimum Gasteiger partial charge on any atom is -0.508 e. The fraction of sp³-hybridized carbons (Fsp3) is 0.154. The molecule has 1 heterocycles. The van der Waals surface area contributed by atoms with Gasteiger partial charge in [-0.05, 0) is 35.9 Å². The zero-order chi connectivity index (χ0) is 23.5. The van der Waals surface area contributed by atoms with Crippen molar-refractivity contribution >= 4 is 16.9 Å². The Morgan fingerprint density at radius 2 is 1.73 bits per heavy atom. The van der Waals surface area contributed by atoms with Crippen LogP contribution in [-0.4, -0.2) is 30.4 Å². The molecular formula is C26H22O7. The Morgan fingerprint density at radius 1 is 1.00 bits per heavy atom. The Balaban J connectivity index is 1.96. The maximum Gasteiger partial charge on any atom is 0.306 e. The molecule has 0 radical (unpaired) electrons. The molecule has 0 saturated carbocycles. The summed E-state index contributed by atoms with van der Waals surface area (Å²) in [6, 6.07) is 16.2. The first-order chi connectivity index (χ1) is 15.9. The molecule has 1 atom stereocenters. The number of phenolic OH excluding ortho intramolecular Hbond substituents is 2. The number of carbonyl (C=O) groups excluding carboxylic acids is 1. The fourth-order valence-corrected chi connectivity index (χ4v) is 3.96. The third-order valence-corrected chi connectivity index (χ3v) is 5.60. The summed E-state index contributed by atoms with van der Waals surface area (Å²) in [6.07, 6.45) is 1.21. The summed E-state index contributed by atoms with van der Waals surface area (Å²) in [7, 11) is 2.80. The van der Waals surface area contributed by atoms with Gasteiger partial charge in [-0.25, -0.2) is 0 Å². The van der Waals surface area contributed by atoms with E-state index in [9.17, 15) is 19.8 Å². The van der Waals surface area contributed by atoms with E-state index in [1.807, 2.05) is 0 Å². The van der Waals surface area contributed by atoms with E-state index < -0.39 is 11.9 Å². The lowest BCUT2D eigenvalue weighted by Crippen LogP contribution is -2.13. The van der Waals surface area contributed by atoms with Gasteiger partial charge in [0.05, 0.1) is 31.6 Å². The summed E-state index contributed by atoms with van der Waals surface area (Å²) in [6.45, 7) is 0. The van der Waals surface area contributed by atoms with Crippen LogP contribution in [0.1, 0.15) is 23.5 Å². The number of methoxy groups -OCH3 is 2. The van der Waals surface area contributed by atoms with Crippen LogP contribution >= 0.6 is 0 Å². The van der Waals surface area contributed by atoms with Crippen LogP contribution in [0, 0.1) is 0 Å². The van der Waals surface area contributed by atoms with Crippen LogP contribution in [0.2, 0.25) is 0 Å². The molecule has 0 saturated heterocycles. The van der Waals surface area contributed by atoms with Crippen molar-refractivity contribution in [3.05, 3.63) is 88.3 Å². The second kappa shape index (κ2) is 9.08. The van der Waals surface area contributed by atoms with E-state index in [0.717, 1.165) is 0 Å². The van der Waals surface area contributed by atoms with Crippen LogP contribution in [0.4, 0.5) is 0 Å². The molecule has 0 aliphatic rings. The van der Waals surface area contributed by atoms with E-state index >= 15 is 0 Å². The van der Waals surface area contributed by atoms with E-state index in [-0.39, 0.29) is 39.9 Å². The molecule has 7 heteroatoms. The minimum atomic E-state index is -0.694. The summed E-state index contributed by atoms with van der Waals surface area (Å²) in [5.41, 5.74) is 1.67. The van der Waals surface area contributed by atoms with Gasteiger partial charge < -0.3 is 24.1 Å². The first kappa shape index (κ1) is 22.0. The lowest BCUT2D eigenvalue weighted by atomic mass is 9.86. The Bertz CT molecular complexity index is 1370. The van der Waals surface area contributed by atoms with Gasteiger partial charge in [0, 0.05) is 17.0 Å². The largest absolute Gasteiger partial charge is 0.508 e. The first-order valence-electron chi connectivity index (χ1n) is 10.2. The van der Waals surface area contributed by atoms with Gasteiger partial charge in [-0.1, -0.05) is 30.3 Å². The highest BCUT2D eigenvalue weighted by molar-refractivity contribution is 5.87. The molecule has 2 N–H and O–H groups in total. The second-order valence-electron chi connectivity index (χ2n) is 7.48. The molecule has 0 aliphatic carbocycles. The van der Waals surface area contributed by atoms with Crippen molar-refractivity contribution in [3.63, 3.8) is 0 Å². The second-order valence-corrected chi connectivity index (χ2v) is 7.48. The lowest BCUT2D eigenvalue weighted by molar-refractivity contribution is -0.140. The quantitative estimate of drug-likeness (QED) is 0.418. The molecule has 4 aromatic rings. The highest BCUT2D eigenvalue weighted by atomic mass is 16.5. The number of para-hydroxylation sites is 1. The van der Waals surface area contributed by atoms with E-state index in [1.165, 1.54) is 44.7 Å². The molecule has 0 aliphatic heterocycles. The molecule has 0 unspecified atom stereocenters. The van der Waals surface area contributed by atoms with E-state index in [0.29, 0.717) is 22.4 Å². The predicted molar refractivity (Wildman–Crippen MR) is 123 cm³/mol. The number of fused-ring (bicyclic) bond motifs is 1. The van der Waals surface area contributed by atoms with Gasteiger partial charge in [0.25, 0.3) is 0 Å². The lowest BCUT2D eigenvalue weighted by Gasteiger charge is -2.21. The summed E-state index contributed by atoms with van der Waals surface area (Å²) < 4.78 is 16.3. The number of phenols is 2. The molecule has 0 spiro atoms. The van der Waals surface area contributed by atoms with Crippen molar-refractivity contribution in [1.29, 1.82) is 0 Å². The fourth-order valence-electron chi connectivity index (χ4n) is 3.96. The first-order valence-corrected chi connectivity index (χ1v) is 10.2. The maximum absolute atomic E-state index is 13.3. The molecule has 1 aromatic heterocycles. The molecular weight excluding hydrogens is 424 g/mol. The molecule has 0 amide bonds. The highest BCUT2D eigenvalue weighted by Gasteiger charge is 2.28. The zero-order valence-electron chi connectivity index (χ0n) is 18.1. The molecule has 0 fully saturated rings. The van der Waals surface area contributed by atoms with Crippen LogP contribution in [0.25, 0.3) is 22.1 Å². The Hall–Kier alpha value is -4.26. The normalized spacial score (nSPS) is 11.8. The van der Waals surface area contributed by atoms with E-state index in [1.54, 1.807) is 36.4 Å². The van der Waals surface area contributed by atoms with Crippen molar-refractivity contribution in [2.75, 3.05) is 14.2 Å². The maximum atomic E-state index is 13.3. The average Bonchev–Trinajstić information content (AvgIpc) is 2.83. The van der Waals surface area contributed by atoms with Gasteiger partial charge in [0.1, 0.15) is 29.1 Å². The van der Waals surface area contributed by atoms with E-state index in [2.05, 4.69) is 0 Å². The van der Waals surface area contributed by atoms with Gasteiger partial charge >= 0.3 is 5.97 Å². The summed E-state index contributed by atoms with van der Waals surface area (Å²) in [5.74, 6) is -0.711. The molecule has 33 heavy (non-hydrogen) atoms. The number of esters is 1. The molecule has 0 bridgehead atoms. The van der Waals surface area contributed by atoms with Gasteiger partial charge in [-0.15, -0.1) is 0 Å². The number of carbonyl (C=O) groups is 1. The van der Waals surface area contributed by atoms with Crippen LogP contribution in [0.3, 0.4) is 0 Å². The highest BCUT2D eigenvalue weighted by Crippen LogP contribution is 2.42. The van der Waals surface area contributed by atoms with Crippen LogP contribution in [-0.2, 0) is 9.53 Å². The summed E-state index contributed by atoms with van der Waals surface area (Å²) in [5, 5.41) is 20.6. The van der Waals surface area contributed by atoms with Crippen molar-refractivity contribution < 1.29 is 28.9 Å². The number of hydrogen-bond acceptors (Lipinski definition) is 7. The van der Waals surface area contributed by atoms with E-state index in [4.69, 9.17) is 13.9 Å². The van der Waals surface area contributed by atoms with Crippen LogP contribution < -0.4 is 10.2 Å². The van der Waals surface area contributed by atoms with Crippen LogP contribution in [0.15, 0.2) is 76.1 Å². The Morgan fingerprint density at radius 3 is 2.42 bits per heavy atom. The molecule has 168 valence electrons. The molecule has 7 nitrogen and oxygen atoms in total. The number of ether oxygens (including phenoxy) is 2. The van der Waals surface area contributed by atoms with Crippen LogP contribution in [0.5, 0.6) is 17.2 Å². The third kappa shape index (κ3) is 4.13. The van der Waals surface area contributed by atoms with Gasteiger partial charge in [-0.3, -0.25) is 9.59 Å². The number of hydrogen-bond donors (Lipinski definition) is 2. The smallest absolute Gasteiger partial charge is 0.306 e. The van der Waals surface area contributed by atoms with Crippen molar-refractivity contribution in [2.24, 2.45) is 0 Å². The average molecular weight is 446 g/mol. The van der Waals surface area contributed by atoms with Gasteiger partial charge in [0.15, 0.2) is 0 Å². The van der Waals surface area contributed by atoms with Gasteiger partial charge in [-0.2, -0.15) is 0 Å². The third-order valence-electron chi connectivity index (χ3n) is 5.60. The number of aromatic hydroxyl groups is 2. The molecule has 3 aromatic carbocycles. The van der Waals surface area contributed by atoms with Gasteiger partial charge in [0.2, 0.25) is 5.43 Å². The molecule has 4 rings (SSSR count). The number of benzene rings is 3. The van der Waals surface area contributed by atoms with Crippen molar-refractivity contribution in [3.8, 4) is 28.4 Å². The Kier molecular flexibility index (Phi) is 6.04. The summed E-state index contributed by atoms with van der Waals surface area (Å²) >= 11 is 0. The minimum absolute atomic E-state index is 0.0820. The summed E-state index contributed by atoms with van der Waals surface area (Å²) in [4.78, 5) is 25.6. The topological polar surface area (TPSA) is 106 Å². The number of rotatable bonds is 6. The standard InChI is InChI=1S/C26H22O7/c1-31-22-6-4-3-5-17(22)19(13-23(29)32-2)24-21(28)12-11-18-25(30)20(14-33-26(18)24)15-7-9-16(27)10-8-15/h3-12,14,19,27-28H,13H2,1-2H3/t19-/m1/s1. The SMILES string of the molecule is COC(=O)C[C@H](c1ccccc1OC)c1c(O)ccc2c(=O)c(-c3ccc(O)cc3)coc12. The monoisotopic (exact) mass is 446 g/mol. The Labute approximate surface area is 189 Å².